The summed E-state index contributed by atoms with van der Waals surface area (Å²) < 4.78 is 0. The first kappa shape index (κ1) is 8.91. The van der Waals surface area contributed by atoms with Crippen molar-refractivity contribution in [1.29, 1.82) is 0 Å². The number of benzene rings is 1. The number of rotatable bonds is 2. The molecule has 0 radical (unpaired) electrons. The molecule has 12 heavy (non-hydrogen) atoms. The summed E-state index contributed by atoms with van der Waals surface area (Å²) in [4.78, 5) is 11.2. The van der Waals surface area contributed by atoms with E-state index in [0.29, 0.717) is 0 Å². The molecule has 0 atom stereocenters. The Hall–Kier alpha value is -1.18. The lowest BCUT2D eigenvalue weighted by Gasteiger charge is -2.06. The van der Waals surface area contributed by atoms with Crippen LogP contribution in [-0.2, 0) is 4.79 Å². The Bertz CT molecular complexity index is 261. The number of carbonyl (C=O) groups excluding carboxylic acids is 1. The standard InChI is InChI=1S/C8H11B2NO/c9-7(10)8(12)11-6-4-2-1-3-5-6/h1-5,7H,9-10H2,(H,11,12). The fourth-order valence-corrected chi connectivity index (χ4v) is 0.808. The minimum atomic E-state index is 0.0326. The number of carbonyl (C=O) groups is 1. The van der Waals surface area contributed by atoms with Crippen LogP contribution in [0.2, 0.25) is 5.72 Å². The first-order valence-corrected chi connectivity index (χ1v) is 4.06. The summed E-state index contributed by atoms with van der Waals surface area (Å²) in [7, 11) is 3.75. The molecule has 1 aromatic rings. The molecule has 1 aromatic carbocycles. The van der Waals surface area contributed by atoms with Gasteiger partial charge in [0.05, 0.1) is 0 Å². The Morgan fingerprint density at radius 2 is 1.83 bits per heavy atom. The van der Waals surface area contributed by atoms with Crippen molar-refractivity contribution in [3.8, 4) is 0 Å². The number of para-hydroxylation sites is 1. The van der Waals surface area contributed by atoms with Crippen LogP contribution in [-0.4, -0.2) is 21.6 Å². The molecule has 0 fully saturated rings. The van der Waals surface area contributed by atoms with Crippen molar-refractivity contribution in [1.82, 2.24) is 0 Å². The molecule has 0 aliphatic carbocycles. The molecule has 0 unspecified atom stereocenters. The smallest absolute Gasteiger partial charge is 0.211 e. The van der Waals surface area contributed by atoms with Crippen LogP contribution in [0.5, 0.6) is 0 Å². The fourth-order valence-electron chi connectivity index (χ4n) is 0.808. The SMILES string of the molecule is BC(B)C(=O)Nc1ccccc1. The van der Waals surface area contributed by atoms with Gasteiger partial charge in [0, 0.05) is 5.69 Å². The molecule has 1 amide bonds. The summed E-state index contributed by atoms with van der Waals surface area (Å²) in [6.45, 7) is 0. The minimum Gasteiger partial charge on any atom is -0.327 e. The van der Waals surface area contributed by atoms with Crippen LogP contribution >= 0.6 is 0 Å². The molecule has 0 heterocycles. The average molecular weight is 159 g/mol. The third-order valence-corrected chi connectivity index (χ3v) is 1.57. The summed E-state index contributed by atoms with van der Waals surface area (Å²) in [6, 6.07) is 9.47. The van der Waals surface area contributed by atoms with Gasteiger partial charge in [-0.2, -0.15) is 0 Å². The summed E-state index contributed by atoms with van der Waals surface area (Å²) in [5.74, 6) is 0.0567. The third kappa shape index (κ3) is 2.46. The van der Waals surface area contributed by atoms with Gasteiger partial charge < -0.3 is 5.32 Å². The predicted molar refractivity (Wildman–Crippen MR) is 55.9 cm³/mol. The van der Waals surface area contributed by atoms with Crippen LogP contribution in [0.1, 0.15) is 0 Å². The van der Waals surface area contributed by atoms with E-state index in [0.717, 1.165) is 5.69 Å². The van der Waals surface area contributed by atoms with Gasteiger partial charge in [-0.05, 0) is 17.8 Å². The van der Waals surface area contributed by atoms with Crippen molar-refractivity contribution in [3.05, 3.63) is 30.3 Å². The van der Waals surface area contributed by atoms with E-state index >= 15 is 0 Å². The van der Waals surface area contributed by atoms with Crippen LogP contribution in [0.3, 0.4) is 0 Å². The van der Waals surface area contributed by atoms with Crippen molar-refractivity contribution >= 4 is 27.3 Å². The second kappa shape index (κ2) is 4.00. The summed E-state index contributed by atoms with van der Waals surface area (Å²) in [5.41, 5.74) is 0.890. The van der Waals surface area contributed by atoms with Gasteiger partial charge in [-0.1, -0.05) is 18.2 Å². The van der Waals surface area contributed by atoms with Crippen molar-refractivity contribution < 1.29 is 4.79 Å². The molecule has 4 heteroatoms. The van der Waals surface area contributed by atoms with E-state index in [1.165, 1.54) is 0 Å². The molecular weight excluding hydrogens is 148 g/mol. The van der Waals surface area contributed by atoms with E-state index in [1.807, 2.05) is 46.0 Å². The lowest BCUT2D eigenvalue weighted by Crippen LogP contribution is -2.18. The van der Waals surface area contributed by atoms with Crippen molar-refractivity contribution in [2.24, 2.45) is 0 Å². The molecule has 1 N–H and O–H groups in total. The average Bonchev–Trinajstić information content (AvgIpc) is 2.06. The second-order valence-electron chi connectivity index (χ2n) is 3.01. The van der Waals surface area contributed by atoms with Gasteiger partial charge in [-0.15, -0.1) is 0 Å². The highest BCUT2D eigenvalue weighted by molar-refractivity contribution is 6.47. The Morgan fingerprint density at radius 3 is 2.33 bits per heavy atom. The predicted octanol–water partition coefficient (Wildman–Crippen LogP) is -0.363. The van der Waals surface area contributed by atoms with E-state index in [4.69, 9.17) is 0 Å². The zero-order chi connectivity index (χ0) is 8.97. The lowest BCUT2D eigenvalue weighted by atomic mass is 9.70. The van der Waals surface area contributed by atoms with Gasteiger partial charge in [-0.3, -0.25) is 4.79 Å². The minimum absolute atomic E-state index is 0.0326. The lowest BCUT2D eigenvalue weighted by molar-refractivity contribution is -0.114. The first-order valence-electron chi connectivity index (χ1n) is 4.06. The molecule has 1 rings (SSSR count). The Balaban J connectivity index is 2.59. The number of nitrogens with one attached hydrogen (secondary N) is 1. The molecule has 0 saturated carbocycles. The normalized spacial score (nSPS) is 9.75. The zero-order valence-electron chi connectivity index (χ0n) is 7.37. The zero-order valence-corrected chi connectivity index (χ0v) is 7.37. The first-order chi connectivity index (χ1) is 5.70. The molecule has 0 spiro atoms. The van der Waals surface area contributed by atoms with Crippen molar-refractivity contribution in [2.75, 3.05) is 5.32 Å². The molecule has 60 valence electrons. The van der Waals surface area contributed by atoms with Crippen LogP contribution in [0.15, 0.2) is 30.3 Å². The maximum absolute atomic E-state index is 11.2. The molecule has 0 saturated heterocycles. The van der Waals surface area contributed by atoms with E-state index in [2.05, 4.69) is 5.32 Å². The second-order valence-corrected chi connectivity index (χ2v) is 3.01. The quantitative estimate of drug-likeness (QED) is 0.586. The Kier molecular flexibility index (Phi) is 2.97. The van der Waals surface area contributed by atoms with Gasteiger partial charge in [0.1, 0.15) is 15.7 Å². The number of hydrogen-bond acceptors (Lipinski definition) is 1. The number of amides is 1. The van der Waals surface area contributed by atoms with Crippen LogP contribution in [0.4, 0.5) is 5.69 Å². The van der Waals surface area contributed by atoms with E-state index in [1.54, 1.807) is 0 Å². The topological polar surface area (TPSA) is 29.1 Å². The maximum Gasteiger partial charge on any atom is 0.211 e. The van der Waals surface area contributed by atoms with E-state index in [-0.39, 0.29) is 11.6 Å². The van der Waals surface area contributed by atoms with Crippen LogP contribution in [0.25, 0.3) is 0 Å². The molecule has 0 aliphatic heterocycles. The number of anilines is 1. The highest BCUT2D eigenvalue weighted by Gasteiger charge is 2.05. The summed E-state index contributed by atoms with van der Waals surface area (Å²) >= 11 is 0. The van der Waals surface area contributed by atoms with Crippen LogP contribution in [0, 0.1) is 0 Å². The third-order valence-electron chi connectivity index (χ3n) is 1.57. The maximum atomic E-state index is 11.2. The highest BCUT2D eigenvalue weighted by atomic mass is 16.1. The molecular formula is C8H11B2NO. The molecule has 0 bridgehead atoms. The van der Waals surface area contributed by atoms with Crippen molar-refractivity contribution in [2.45, 2.75) is 5.72 Å². The van der Waals surface area contributed by atoms with Gasteiger partial charge in [-0.25, -0.2) is 0 Å². The number of hydrogen-bond donors (Lipinski definition) is 1. The van der Waals surface area contributed by atoms with Gasteiger partial charge in [0.25, 0.3) is 0 Å². The molecule has 2 nitrogen and oxygen atoms in total. The summed E-state index contributed by atoms with van der Waals surface area (Å²) in [5, 5.41) is 2.80. The van der Waals surface area contributed by atoms with E-state index in [9.17, 15) is 4.79 Å². The van der Waals surface area contributed by atoms with Crippen LogP contribution < -0.4 is 5.32 Å². The molecule has 0 aliphatic rings. The Morgan fingerprint density at radius 1 is 1.25 bits per heavy atom. The fraction of sp³-hybridized carbons (Fsp3) is 0.125. The van der Waals surface area contributed by atoms with Crippen molar-refractivity contribution in [3.63, 3.8) is 0 Å². The monoisotopic (exact) mass is 159 g/mol. The largest absolute Gasteiger partial charge is 0.327 e. The highest BCUT2D eigenvalue weighted by Crippen LogP contribution is 2.06. The molecule has 0 aromatic heterocycles. The summed E-state index contributed by atoms with van der Waals surface area (Å²) in [6.07, 6.45) is 0. The van der Waals surface area contributed by atoms with Gasteiger partial charge in [0.15, 0.2) is 0 Å². The van der Waals surface area contributed by atoms with Gasteiger partial charge in [0.2, 0.25) is 5.91 Å². The van der Waals surface area contributed by atoms with E-state index < -0.39 is 0 Å². The van der Waals surface area contributed by atoms with Gasteiger partial charge >= 0.3 is 0 Å². The Labute approximate surface area is 74.2 Å².